The molecule has 0 atom stereocenters. The van der Waals surface area contributed by atoms with E-state index in [1.54, 1.807) is 42.5 Å². The first kappa shape index (κ1) is 19.1. The summed E-state index contributed by atoms with van der Waals surface area (Å²) >= 11 is 11.8. The third-order valence-corrected chi connectivity index (χ3v) is 3.84. The number of halogens is 2. The molecule has 0 saturated heterocycles. The molecule has 25 heavy (non-hydrogen) atoms. The molecule has 0 unspecified atom stereocenters. The van der Waals surface area contributed by atoms with Gasteiger partial charge in [0.15, 0.2) is 0 Å². The summed E-state index contributed by atoms with van der Waals surface area (Å²) in [6, 6.07) is 11.6. The minimum Gasteiger partial charge on any atom is -0.492 e. The molecule has 0 aliphatic heterocycles. The van der Waals surface area contributed by atoms with E-state index < -0.39 is 5.97 Å². The molecule has 0 radical (unpaired) electrons. The number of hydrogen-bond donors (Lipinski definition) is 1. The van der Waals surface area contributed by atoms with Crippen molar-refractivity contribution in [2.45, 2.75) is 12.8 Å². The Balaban J connectivity index is 1.82. The average molecular weight is 382 g/mol. The minimum atomic E-state index is -0.503. The van der Waals surface area contributed by atoms with Gasteiger partial charge in [-0.1, -0.05) is 35.3 Å². The Bertz CT molecular complexity index is 764. The highest BCUT2D eigenvalue weighted by atomic mass is 35.5. The summed E-state index contributed by atoms with van der Waals surface area (Å²) in [6.07, 6.45) is 0.728. The van der Waals surface area contributed by atoms with Crippen molar-refractivity contribution in [2.24, 2.45) is 0 Å². The number of nitrogens with one attached hydrogen (secondary N) is 1. The molecule has 7 heteroatoms. The van der Waals surface area contributed by atoms with Gasteiger partial charge in [0.25, 0.3) is 0 Å². The van der Waals surface area contributed by atoms with Crippen molar-refractivity contribution in [2.75, 3.05) is 19.0 Å². The van der Waals surface area contributed by atoms with Crippen molar-refractivity contribution in [1.82, 2.24) is 0 Å². The number of para-hydroxylation sites is 1. The predicted molar refractivity (Wildman–Crippen MR) is 97.6 cm³/mol. The SMILES string of the molecule is COC(=O)c1ccccc1NC(=O)CCCOc1ccc(Cl)cc1Cl. The van der Waals surface area contributed by atoms with Gasteiger partial charge < -0.3 is 14.8 Å². The summed E-state index contributed by atoms with van der Waals surface area (Å²) in [7, 11) is 1.29. The maximum Gasteiger partial charge on any atom is 0.339 e. The normalized spacial score (nSPS) is 10.2. The number of ether oxygens (including phenoxy) is 2. The number of amides is 1. The molecule has 132 valence electrons. The molecule has 2 aromatic rings. The van der Waals surface area contributed by atoms with E-state index in [0.717, 1.165) is 0 Å². The van der Waals surface area contributed by atoms with Crippen LogP contribution < -0.4 is 10.1 Å². The van der Waals surface area contributed by atoms with Gasteiger partial charge in [-0.15, -0.1) is 0 Å². The van der Waals surface area contributed by atoms with Crippen LogP contribution in [0.15, 0.2) is 42.5 Å². The Morgan fingerprint density at radius 1 is 1.12 bits per heavy atom. The summed E-state index contributed by atoms with van der Waals surface area (Å²) in [5.41, 5.74) is 0.726. The lowest BCUT2D eigenvalue weighted by atomic mass is 10.1. The highest BCUT2D eigenvalue weighted by Crippen LogP contribution is 2.27. The standard InChI is InChI=1S/C18H17Cl2NO4/c1-24-18(23)13-5-2-3-6-15(13)21-17(22)7-4-10-25-16-9-8-12(19)11-14(16)20/h2-3,5-6,8-9,11H,4,7,10H2,1H3,(H,21,22). The van der Waals surface area contributed by atoms with Crippen molar-refractivity contribution in [3.05, 3.63) is 58.1 Å². The number of hydrogen-bond acceptors (Lipinski definition) is 4. The fourth-order valence-electron chi connectivity index (χ4n) is 2.10. The lowest BCUT2D eigenvalue weighted by Crippen LogP contribution is -2.15. The Kier molecular flexibility index (Phi) is 7.10. The van der Waals surface area contributed by atoms with Crippen molar-refractivity contribution >= 4 is 40.8 Å². The summed E-state index contributed by atoms with van der Waals surface area (Å²) in [5, 5.41) is 3.65. The second kappa shape index (κ2) is 9.30. The van der Waals surface area contributed by atoms with E-state index in [1.807, 2.05) is 0 Å². The smallest absolute Gasteiger partial charge is 0.339 e. The van der Waals surface area contributed by atoms with E-state index in [2.05, 4.69) is 5.32 Å². The number of carbonyl (C=O) groups is 2. The van der Waals surface area contributed by atoms with Crippen LogP contribution in [-0.2, 0) is 9.53 Å². The Hall–Kier alpha value is -2.24. The first-order valence-electron chi connectivity index (χ1n) is 7.56. The summed E-state index contributed by atoms with van der Waals surface area (Å²) < 4.78 is 10.2. The van der Waals surface area contributed by atoms with Crippen LogP contribution in [0.2, 0.25) is 10.0 Å². The van der Waals surface area contributed by atoms with Gasteiger partial charge in [0.2, 0.25) is 5.91 Å². The maximum atomic E-state index is 12.0. The lowest BCUT2D eigenvalue weighted by molar-refractivity contribution is -0.116. The van der Waals surface area contributed by atoms with Crippen LogP contribution >= 0.6 is 23.2 Å². The van der Waals surface area contributed by atoms with Crippen molar-refractivity contribution < 1.29 is 19.1 Å². The van der Waals surface area contributed by atoms with Crippen LogP contribution in [0.5, 0.6) is 5.75 Å². The van der Waals surface area contributed by atoms with Crippen LogP contribution in [0, 0.1) is 0 Å². The topological polar surface area (TPSA) is 64.6 Å². The van der Waals surface area contributed by atoms with Crippen molar-refractivity contribution in [3.8, 4) is 5.75 Å². The molecule has 2 rings (SSSR count). The zero-order chi connectivity index (χ0) is 18.2. The van der Waals surface area contributed by atoms with Crippen LogP contribution in [0.3, 0.4) is 0 Å². The van der Waals surface area contributed by atoms with Gasteiger partial charge in [-0.05, 0) is 36.8 Å². The van der Waals surface area contributed by atoms with Gasteiger partial charge in [-0.3, -0.25) is 4.79 Å². The number of methoxy groups -OCH3 is 1. The maximum absolute atomic E-state index is 12.0. The van der Waals surface area contributed by atoms with Crippen molar-refractivity contribution in [3.63, 3.8) is 0 Å². The minimum absolute atomic E-state index is 0.220. The van der Waals surface area contributed by atoms with Gasteiger partial charge in [0.05, 0.1) is 30.0 Å². The predicted octanol–water partition coefficient (Wildman–Crippen LogP) is 4.58. The molecule has 0 aromatic heterocycles. The molecular weight excluding hydrogens is 365 g/mol. The van der Waals surface area contributed by atoms with Crippen LogP contribution in [0.4, 0.5) is 5.69 Å². The van der Waals surface area contributed by atoms with Gasteiger partial charge in [0, 0.05) is 11.4 Å². The van der Waals surface area contributed by atoms with Gasteiger partial charge in [-0.2, -0.15) is 0 Å². The highest BCUT2D eigenvalue weighted by Gasteiger charge is 2.13. The zero-order valence-corrected chi connectivity index (χ0v) is 15.1. The highest BCUT2D eigenvalue weighted by molar-refractivity contribution is 6.35. The second-order valence-electron chi connectivity index (χ2n) is 5.11. The molecule has 2 aromatic carbocycles. The molecule has 0 aliphatic carbocycles. The van der Waals surface area contributed by atoms with Gasteiger partial charge >= 0.3 is 5.97 Å². The molecule has 1 amide bonds. The van der Waals surface area contributed by atoms with E-state index in [0.29, 0.717) is 40.1 Å². The number of carbonyl (C=O) groups excluding carboxylic acids is 2. The molecule has 0 saturated carbocycles. The van der Waals surface area contributed by atoms with E-state index >= 15 is 0 Å². The van der Waals surface area contributed by atoms with Crippen LogP contribution in [0.1, 0.15) is 23.2 Å². The molecule has 0 heterocycles. The summed E-state index contributed by atoms with van der Waals surface area (Å²) in [6.45, 7) is 0.327. The average Bonchev–Trinajstić information content (AvgIpc) is 2.60. The fourth-order valence-corrected chi connectivity index (χ4v) is 2.56. The van der Waals surface area contributed by atoms with Crippen LogP contribution in [0.25, 0.3) is 0 Å². The molecule has 1 N–H and O–H groups in total. The molecular formula is C18H17Cl2NO4. The number of benzene rings is 2. The van der Waals surface area contributed by atoms with Crippen LogP contribution in [-0.4, -0.2) is 25.6 Å². The van der Waals surface area contributed by atoms with Gasteiger partial charge in [-0.25, -0.2) is 4.79 Å². The third kappa shape index (κ3) is 5.66. The van der Waals surface area contributed by atoms with E-state index in [-0.39, 0.29) is 12.3 Å². The number of anilines is 1. The largest absolute Gasteiger partial charge is 0.492 e. The lowest BCUT2D eigenvalue weighted by Gasteiger charge is -2.10. The first-order chi connectivity index (χ1) is 12.0. The van der Waals surface area contributed by atoms with Crippen molar-refractivity contribution in [1.29, 1.82) is 0 Å². The molecule has 0 bridgehead atoms. The Morgan fingerprint density at radius 2 is 1.88 bits per heavy atom. The number of esters is 1. The first-order valence-corrected chi connectivity index (χ1v) is 8.32. The molecule has 0 spiro atoms. The quantitative estimate of drug-likeness (QED) is 0.563. The van der Waals surface area contributed by atoms with E-state index in [4.69, 9.17) is 32.7 Å². The summed E-state index contributed by atoms with van der Waals surface area (Å²) in [4.78, 5) is 23.7. The molecule has 5 nitrogen and oxygen atoms in total. The monoisotopic (exact) mass is 381 g/mol. The van der Waals surface area contributed by atoms with E-state index in [1.165, 1.54) is 7.11 Å². The fraction of sp³-hybridized carbons (Fsp3) is 0.222. The third-order valence-electron chi connectivity index (χ3n) is 3.31. The van der Waals surface area contributed by atoms with E-state index in [9.17, 15) is 9.59 Å². The Morgan fingerprint density at radius 3 is 2.60 bits per heavy atom. The zero-order valence-electron chi connectivity index (χ0n) is 13.6. The number of rotatable bonds is 7. The molecule has 0 fully saturated rings. The summed E-state index contributed by atoms with van der Waals surface area (Å²) in [5.74, 6) is -0.207. The Labute approximate surface area is 155 Å². The second-order valence-corrected chi connectivity index (χ2v) is 5.96. The van der Waals surface area contributed by atoms with Gasteiger partial charge in [0.1, 0.15) is 5.75 Å². The molecule has 0 aliphatic rings.